The minimum atomic E-state index is 0.0198. The van der Waals surface area contributed by atoms with E-state index in [1.165, 1.54) is 5.56 Å². The Balaban J connectivity index is 2.48. The van der Waals surface area contributed by atoms with Crippen LogP contribution in [0.25, 0.3) is 0 Å². The topological polar surface area (TPSA) is 59.1 Å². The number of hydrogen-bond acceptors (Lipinski definition) is 2. The first-order valence-electron chi connectivity index (χ1n) is 7.12. The molecule has 0 spiro atoms. The highest BCUT2D eigenvalue weighted by molar-refractivity contribution is 5.98. The Morgan fingerprint density at radius 2 is 1.81 bits per heavy atom. The van der Waals surface area contributed by atoms with Gasteiger partial charge >= 0.3 is 0 Å². The van der Waals surface area contributed by atoms with E-state index >= 15 is 0 Å². The molecule has 0 aliphatic carbocycles. The van der Waals surface area contributed by atoms with Gasteiger partial charge in [0.2, 0.25) is 0 Å². The molecule has 0 unspecified atom stereocenters. The lowest BCUT2D eigenvalue weighted by atomic mass is 10.0. The average Bonchev–Trinajstić information content (AvgIpc) is 2.42. The van der Waals surface area contributed by atoms with Crippen LogP contribution in [0.5, 0.6) is 11.5 Å². The van der Waals surface area contributed by atoms with Crippen LogP contribution in [0, 0.1) is 19.3 Å². The smallest absolute Gasteiger partial charge is 0.141 e. The lowest BCUT2D eigenvalue weighted by Gasteiger charge is -2.16. The molecule has 0 saturated carbocycles. The predicted molar refractivity (Wildman–Crippen MR) is 87.5 cm³/mol. The van der Waals surface area contributed by atoms with Crippen molar-refractivity contribution in [3.63, 3.8) is 0 Å². The largest absolute Gasteiger partial charge is 0.456 e. The number of nitrogen functional groups attached to an aromatic ring is 1. The molecule has 2 aromatic rings. The summed E-state index contributed by atoms with van der Waals surface area (Å²) in [6, 6.07) is 11.9. The first-order chi connectivity index (χ1) is 9.90. The van der Waals surface area contributed by atoms with Crippen LogP contribution < -0.4 is 10.5 Å². The molecule has 0 aliphatic rings. The van der Waals surface area contributed by atoms with Gasteiger partial charge in [0.1, 0.15) is 17.3 Å². The van der Waals surface area contributed by atoms with Crippen LogP contribution in [0.4, 0.5) is 0 Å². The third kappa shape index (κ3) is 3.24. The first-order valence-corrected chi connectivity index (χ1v) is 7.12. The quantitative estimate of drug-likeness (QED) is 0.640. The number of nitrogens with two attached hydrogens (primary N) is 1. The van der Waals surface area contributed by atoms with Gasteiger partial charge in [-0.2, -0.15) is 0 Å². The zero-order valence-electron chi connectivity index (χ0n) is 13.0. The predicted octanol–water partition coefficient (Wildman–Crippen LogP) is 4.50. The van der Waals surface area contributed by atoms with Gasteiger partial charge in [-0.05, 0) is 48.6 Å². The summed E-state index contributed by atoms with van der Waals surface area (Å²) in [4.78, 5) is 0. The molecule has 0 amide bonds. The number of amidine groups is 1. The Hall–Kier alpha value is -2.29. The molecule has 21 heavy (non-hydrogen) atoms. The van der Waals surface area contributed by atoms with Crippen molar-refractivity contribution in [1.29, 1.82) is 5.41 Å². The van der Waals surface area contributed by atoms with E-state index < -0.39 is 0 Å². The minimum absolute atomic E-state index is 0.0198. The maximum atomic E-state index is 7.70. The molecule has 0 fully saturated rings. The Morgan fingerprint density at radius 3 is 2.43 bits per heavy atom. The summed E-state index contributed by atoms with van der Waals surface area (Å²) in [5, 5.41) is 7.70. The van der Waals surface area contributed by atoms with Crippen LogP contribution in [0.15, 0.2) is 36.4 Å². The normalized spacial score (nSPS) is 10.7. The van der Waals surface area contributed by atoms with Crippen molar-refractivity contribution in [2.24, 2.45) is 5.73 Å². The number of rotatable bonds is 4. The van der Waals surface area contributed by atoms with Gasteiger partial charge in [0.25, 0.3) is 0 Å². The molecular weight excluding hydrogens is 260 g/mol. The maximum absolute atomic E-state index is 7.70. The fraction of sp³-hybridized carbons (Fsp3) is 0.278. The lowest BCUT2D eigenvalue weighted by molar-refractivity contribution is 0.473. The van der Waals surface area contributed by atoms with Gasteiger partial charge in [0.15, 0.2) is 0 Å². The number of ether oxygens (including phenoxy) is 1. The van der Waals surface area contributed by atoms with Crippen molar-refractivity contribution in [3.8, 4) is 11.5 Å². The second-order valence-corrected chi connectivity index (χ2v) is 5.65. The number of para-hydroxylation sites is 1. The van der Waals surface area contributed by atoms with Crippen molar-refractivity contribution < 1.29 is 4.74 Å². The van der Waals surface area contributed by atoms with Crippen LogP contribution in [0.3, 0.4) is 0 Å². The molecule has 3 nitrogen and oxygen atoms in total. The standard InChI is InChI=1S/C18H22N2O/c1-11(2)14-9-8-12(3)16(10-14)21-17-13(4)6-5-7-15(17)18(19)20/h5-11H,1-4H3,(H3,19,20). The molecule has 0 heterocycles. The van der Waals surface area contributed by atoms with E-state index in [0.29, 0.717) is 17.2 Å². The molecule has 0 atom stereocenters. The molecule has 0 bridgehead atoms. The van der Waals surface area contributed by atoms with E-state index in [2.05, 4.69) is 32.0 Å². The fourth-order valence-corrected chi connectivity index (χ4v) is 2.20. The monoisotopic (exact) mass is 282 g/mol. The van der Waals surface area contributed by atoms with E-state index in [-0.39, 0.29) is 5.84 Å². The van der Waals surface area contributed by atoms with Gasteiger partial charge in [-0.25, -0.2) is 0 Å². The summed E-state index contributed by atoms with van der Waals surface area (Å²) in [5.74, 6) is 1.94. The Kier molecular flexibility index (Phi) is 4.32. The number of hydrogen-bond donors (Lipinski definition) is 2. The first kappa shape index (κ1) is 15.1. The highest BCUT2D eigenvalue weighted by Gasteiger charge is 2.12. The molecule has 2 aromatic carbocycles. The Morgan fingerprint density at radius 1 is 1.10 bits per heavy atom. The van der Waals surface area contributed by atoms with Crippen molar-refractivity contribution in [3.05, 3.63) is 58.7 Å². The van der Waals surface area contributed by atoms with Gasteiger partial charge < -0.3 is 10.5 Å². The molecule has 2 rings (SSSR count). The molecular formula is C18H22N2O. The zero-order chi connectivity index (χ0) is 15.6. The van der Waals surface area contributed by atoms with Gasteiger partial charge in [-0.15, -0.1) is 0 Å². The second-order valence-electron chi connectivity index (χ2n) is 5.65. The molecule has 3 N–H and O–H groups in total. The van der Waals surface area contributed by atoms with Crippen LogP contribution in [-0.2, 0) is 0 Å². The van der Waals surface area contributed by atoms with Crippen LogP contribution >= 0.6 is 0 Å². The summed E-state index contributed by atoms with van der Waals surface area (Å²) in [7, 11) is 0. The second kappa shape index (κ2) is 6.00. The highest BCUT2D eigenvalue weighted by atomic mass is 16.5. The molecule has 3 heteroatoms. The van der Waals surface area contributed by atoms with Gasteiger partial charge in [-0.1, -0.05) is 38.1 Å². The van der Waals surface area contributed by atoms with Crippen molar-refractivity contribution in [2.75, 3.05) is 0 Å². The van der Waals surface area contributed by atoms with Crippen molar-refractivity contribution in [2.45, 2.75) is 33.6 Å². The van der Waals surface area contributed by atoms with E-state index in [1.54, 1.807) is 0 Å². The minimum Gasteiger partial charge on any atom is -0.456 e. The Bertz CT molecular complexity index is 675. The summed E-state index contributed by atoms with van der Waals surface area (Å²) >= 11 is 0. The van der Waals surface area contributed by atoms with Crippen LogP contribution in [0.2, 0.25) is 0 Å². The van der Waals surface area contributed by atoms with Crippen molar-refractivity contribution >= 4 is 5.84 Å². The zero-order valence-corrected chi connectivity index (χ0v) is 13.0. The van der Waals surface area contributed by atoms with Crippen LogP contribution in [-0.4, -0.2) is 5.84 Å². The Labute approximate surface area is 126 Å². The summed E-state index contributed by atoms with van der Waals surface area (Å²) < 4.78 is 6.10. The third-order valence-electron chi connectivity index (χ3n) is 3.59. The summed E-state index contributed by atoms with van der Waals surface area (Å²) in [6.45, 7) is 8.29. The summed E-state index contributed by atoms with van der Waals surface area (Å²) in [5.41, 5.74) is 9.55. The SMILES string of the molecule is Cc1ccc(C(C)C)cc1Oc1c(C)cccc1C(=N)N. The molecule has 0 aromatic heterocycles. The molecule has 0 radical (unpaired) electrons. The maximum Gasteiger partial charge on any atom is 0.141 e. The molecule has 0 saturated heterocycles. The van der Waals surface area contributed by atoms with E-state index in [0.717, 1.165) is 16.9 Å². The van der Waals surface area contributed by atoms with Crippen LogP contribution in [0.1, 0.15) is 42.0 Å². The fourth-order valence-electron chi connectivity index (χ4n) is 2.20. The van der Waals surface area contributed by atoms with Gasteiger partial charge in [0.05, 0.1) is 5.56 Å². The van der Waals surface area contributed by atoms with Gasteiger partial charge in [-0.3, -0.25) is 5.41 Å². The number of nitrogens with one attached hydrogen (secondary N) is 1. The number of aryl methyl sites for hydroxylation is 2. The summed E-state index contributed by atoms with van der Waals surface area (Å²) in [6.07, 6.45) is 0. The number of benzene rings is 2. The van der Waals surface area contributed by atoms with Gasteiger partial charge in [0, 0.05) is 0 Å². The average molecular weight is 282 g/mol. The van der Waals surface area contributed by atoms with E-state index in [1.807, 2.05) is 32.0 Å². The van der Waals surface area contributed by atoms with E-state index in [9.17, 15) is 0 Å². The van der Waals surface area contributed by atoms with Crippen molar-refractivity contribution in [1.82, 2.24) is 0 Å². The van der Waals surface area contributed by atoms with E-state index in [4.69, 9.17) is 15.9 Å². The lowest BCUT2D eigenvalue weighted by Crippen LogP contribution is -2.13. The highest BCUT2D eigenvalue weighted by Crippen LogP contribution is 2.32. The molecule has 110 valence electrons. The third-order valence-corrected chi connectivity index (χ3v) is 3.59. The molecule has 0 aliphatic heterocycles.